The number of nitrogens with one attached hydrogen (secondary N) is 2. The first-order chi connectivity index (χ1) is 17.2. The summed E-state index contributed by atoms with van der Waals surface area (Å²) >= 11 is 12.6. The van der Waals surface area contributed by atoms with E-state index < -0.39 is 34.8 Å². The highest BCUT2D eigenvalue weighted by atomic mass is 35.5. The highest BCUT2D eigenvalue weighted by Gasteiger charge is 2.66. The first-order valence-corrected chi connectivity index (χ1v) is 13.5. The minimum Gasteiger partial charge on any atom is -0.390 e. The molecule has 1 aliphatic carbocycles. The molecule has 2 aromatic carbocycles. The maximum Gasteiger partial charge on any atom is 0.237 e. The van der Waals surface area contributed by atoms with Gasteiger partial charge < -0.3 is 15.7 Å². The van der Waals surface area contributed by atoms with Gasteiger partial charge in [0.15, 0.2) is 5.78 Å². The van der Waals surface area contributed by atoms with Gasteiger partial charge >= 0.3 is 0 Å². The lowest BCUT2D eigenvalue weighted by Gasteiger charge is -2.41. The molecule has 5 nitrogen and oxygen atoms in total. The van der Waals surface area contributed by atoms with E-state index in [9.17, 15) is 14.7 Å². The normalized spacial score (nSPS) is 32.8. The van der Waals surface area contributed by atoms with Crippen molar-refractivity contribution in [2.45, 2.75) is 82.4 Å². The zero-order valence-corrected chi connectivity index (χ0v) is 23.0. The van der Waals surface area contributed by atoms with Crippen LogP contribution in [0.15, 0.2) is 36.4 Å². The second kappa shape index (κ2) is 9.04. The third-order valence-corrected chi connectivity index (χ3v) is 8.68. The lowest BCUT2D eigenvalue weighted by Crippen LogP contribution is -2.49. The van der Waals surface area contributed by atoms with Gasteiger partial charge in [0.05, 0.1) is 11.6 Å². The first kappa shape index (κ1) is 26.6. The Balaban J connectivity index is 1.69. The zero-order valence-electron chi connectivity index (χ0n) is 21.5. The Bertz CT molecular complexity index is 1270. The van der Waals surface area contributed by atoms with Gasteiger partial charge in [-0.2, -0.15) is 0 Å². The number of carbonyl (C=O) groups excluding carboxylic acids is 2. The fraction of sp³-hybridized carbons (Fsp3) is 0.517. The molecular formula is C29H33Cl2FN2O3. The van der Waals surface area contributed by atoms with Crippen LogP contribution in [0.25, 0.3) is 0 Å². The van der Waals surface area contributed by atoms with Crippen molar-refractivity contribution in [3.8, 4) is 0 Å². The Morgan fingerprint density at radius 2 is 1.78 bits per heavy atom. The van der Waals surface area contributed by atoms with Crippen molar-refractivity contribution in [2.75, 3.05) is 5.32 Å². The Kier molecular flexibility index (Phi) is 6.51. The van der Waals surface area contributed by atoms with Crippen LogP contribution in [0, 0.1) is 17.2 Å². The van der Waals surface area contributed by atoms with Gasteiger partial charge in [-0.05, 0) is 79.0 Å². The topological polar surface area (TPSA) is 78.4 Å². The first-order valence-electron chi connectivity index (χ1n) is 12.8. The van der Waals surface area contributed by atoms with E-state index in [2.05, 4.69) is 31.4 Å². The van der Waals surface area contributed by atoms with Crippen molar-refractivity contribution in [2.24, 2.45) is 11.3 Å². The lowest BCUT2D eigenvalue weighted by atomic mass is 9.61. The number of anilines is 1. The summed E-state index contributed by atoms with van der Waals surface area (Å²) in [4.78, 5) is 28.0. The van der Waals surface area contributed by atoms with Crippen LogP contribution in [-0.2, 0) is 15.0 Å². The number of Topliss-reactive ketones (excluding diaryl/α,β-unsaturated/α-hetero) is 1. The molecule has 1 saturated carbocycles. The average molecular weight is 547 g/mol. The Labute approximate surface area is 227 Å². The fourth-order valence-electron chi connectivity index (χ4n) is 6.94. The Hall–Kier alpha value is -1.99. The number of halogens is 3. The molecule has 1 amide bonds. The Morgan fingerprint density at radius 3 is 2.43 bits per heavy atom. The minimum atomic E-state index is -1.25. The van der Waals surface area contributed by atoms with Crippen LogP contribution >= 0.6 is 23.2 Å². The molecule has 5 rings (SSSR count). The molecule has 0 bridgehead atoms. The number of amides is 1. The second-order valence-electron chi connectivity index (χ2n) is 12.6. The molecule has 2 heterocycles. The van der Waals surface area contributed by atoms with Gasteiger partial charge in [-0.3, -0.25) is 9.59 Å². The van der Waals surface area contributed by atoms with Crippen LogP contribution in [0.2, 0.25) is 10.0 Å². The van der Waals surface area contributed by atoms with Crippen LogP contribution in [0.3, 0.4) is 0 Å². The predicted molar refractivity (Wildman–Crippen MR) is 144 cm³/mol. The summed E-state index contributed by atoms with van der Waals surface area (Å²) in [6, 6.07) is 8.30. The molecule has 37 heavy (non-hydrogen) atoms. The van der Waals surface area contributed by atoms with Crippen molar-refractivity contribution in [3.63, 3.8) is 0 Å². The van der Waals surface area contributed by atoms with Crippen molar-refractivity contribution >= 4 is 40.6 Å². The van der Waals surface area contributed by atoms with Crippen LogP contribution < -0.4 is 10.6 Å². The lowest BCUT2D eigenvalue weighted by molar-refractivity contribution is -0.126. The van der Waals surface area contributed by atoms with Gasteiger partial charge in [-0.15, -0.1) is 0 Å². The van der Waals surface area contributed by atoms with Crippen molar-refractivity contribution < 1.29 is 19.1 Å². The number of benzene rings is 2. The van der Waals surface area contributed by atoms with E-state index >= 15 is 4.39 Å². The molecule has 3 N–H and O–H groups in total. The van der Waals surface area contributed by atoms with E-state index in [-0.39, 0.29) is 35.0 Å². The van der Waals surface area contributed by atoms with E-state index in [0.29, 0.717) is 40.6 Å². The van der Waals surface area contributed by atoms with E-state index in [1.165, 1.54) is 12.1 Å². The smallest absolute Gasteiger partial charge is 0.237 e. The van der Waals surface area contributed by atoms with Crippen molar-refractivity contribution in [1.29, 1.82) is 0 Å². The van der Waals surface area contributed by atoms with E-state index in [1.54, 1.807) is 25.1 Å². The van der Waals surface area contributed by atoms with Gasteiger partial charge in [-0.25, -0.2) is 4.39 Å². The summed E-state index contributed by atoms with van der Waals surface area (Å²) in [5.74, 6) is -1.65. The van der Waals surface area contributed by atoms with Crippen LogP contribution in [0.5, 0.6) is 0 Å². The number of aliphatic hydroxyl groups is 1. The number of rotatable bonds is 5. The van der Waals surface area contributed by atoms with Crippen LogP contribution in [0.4, 0.5) is 10.1 Å². The third kappa shape index (κ3) is 4.60. The molecule has 0 unspecified atom stereocenters. The predicted octanol–water partition coefficient (Wildman–Crippen LogP) is 6.00. The summed E-state index contributed by atoms with van der Waals surface area (Å²) < 4.78 is 15.6. The average Bonchev–Trinajstić information content (AvgIpc) is 3.22. The molecule has 2 aromatic rings. The largest absolute Gasteiger partial charge is 0.390 e. The van der Waals surface area contributed by atoms with Gasteiger partial charge in [-0.1, -0.05) is 50.0 Å². The van der Waals surface area contributed by atoms with Crippen LogP contribution in [0.1, 0.15) is 70.4 Å². The maximum atomic E-state index is 15.6. The summed E-state index contributed by atoms with van der Waals surface area (Å²) in [6.45, 7) is 8.01. The second-order valence-corrected chi connectivity index (χ2v) is 13.4. The zero-order chi connectivity index (χ0) is 26.9. The highest BCUT2D eigenvalue weighted by Crippen LogP contribution is 2.57. The van der Waals surface area contributed by atoms with E-state index in [4.69, 9.17) is 23.2 Å². The Morgan fingerprint density at radius 1 is 1.14 bits per heavy atom. The maximum absolute atomic E-state index is 15.6. The standard InChI is InChI=1S/C29H33Cl2FN2O3/c1-27(2,3)14-23-29(19-7-5-17(31)11-21(19)33-26(29)36)24(18-10-16(30)6-8-20(18)32)25(34-23)22(35)9-15-12-28(4,37)13-15/h5-8,10-11,15,23-25,34,37H,9,12-14H2,1-4H3,(H,33,36)/t15?,23-,24+,25+,28?,29+/m1/s1. The SMILES string of the molecule is CC(C)(C)C[C@H]1N[C@@H](C(=O)CC2CC(C)(O)C2)[C@H](c2cc(Cl)ccc2F)[C@@]12C(=O)Nc1cc(Cl)ccc12. The molecule has 1 saturated heterocycles. The molecule has 198 valence electrons. The van der Waals surface area contributed by atoms with E-state index in [0.717, 1.165) is 0 Å². The summed E-state index contributed by atoms with van der Waals surface area (Å²) in [7, 11) is 0. The molecule has 3 aliphatic rings. The summed E-state index contributed by atoms with van der Waals surface area (Å²) in [5.41, 5.74) is -0.671. The molecule has 4 atom stereocenters. The quantitative estimate of drug-likeness (QED) is 0.429. The third-order valence-electron chi connectivity index (χ3n) is 8.21. The molecule has 1 spiro atoms. The van der Waals surface area contributed by atoms with Gasteiger partial charge in [0.25, 0.3) is 0 Å². The van der Waals surface area contributed by atoms with Crippen molar-refractivity contribution in [1.82, 2.24) is 5.32 Å². The van der Waals surface area contributed by atoms with Gasteiger partial charge in [0.1, 0.15) is 11.2 Å². The molecule has 8 heteroatoms. The number of hydrogen-bond donors (Lipinski definition) is 3. The highest BCUT2D eigenvalue weighted by molar-refractivity contribution is 6.31. The molecular weight excluding hydrogens is 514 g/mol. The molecule has 0 aromatic heterocycles. The van der Waals surface area contributed by atoms with E-state index in [1.807, 2.05) is 6.07 Å². The molecule has 2 fully saturated rings. The van der Waals surface area contributed by atoms with Crippen molar-refractivity contribution in [3.05, 3.63) is 63.4 Å². The van der Waals surface area contributed by atoms with Crippen LogP contribution in [-0.4, -0.2) is 34.5 Å². The number of ketones is 1. The monoisotopic (exact) mass is 546 g/mol. The molecule has 0 radical (unpaired) electrons. The number of fused-ring (bicyclic) bond motifs is 2. The number of hydrogen-bond acceptors (Lipinski definition) is 4. The van der Waals surface area contributed by atoms with Gasteiger partial charge in [0, 0.05) is 34.1 Å². The number of carbonyl (C=O) groups is 2. The van der Waals surface area contributed by atoms with Gasteiger partial charge in [0.2, 0.25) is 5.91 Å². The minimum absolute atomic E-state index is 0.0512. The fourth-order valence-corrected chi connectivity index (χ4v) is 7.29. The molecule has 2 aliphatic heterocycles. The summed E-state index contributed by atoms with van der Waals surface area (Å²) in [5, 5.41) is 17.5. The summed E-state index contributed by atoms with van der Waals surface area (Å²) in [6.07, 6.45) is 1.91.